The lowest BCUT2D eigenvalue weighted by molar-refractivity contribution is -0.122. The number of hydrogen-bond donors (Lipinski definition) is 2. The minimum Gasteiger partial charge on any atom is -0.389 e. The minimum absolute atomic E-state index is 0.117. The summed E-state index contributed by atoms with van der Waals surface area (Å²) in [6, 6.07) is 0. The molecule has 124 valence electrons. The van der Waals surface area contributed by atoms with E-state index in [2.05, 4.69) is 5.32 Å². The van der Waals surface area contributed by atoms with Crippen molar-refractivity contribution in [3.63, 3.8) is 0 Å². The number of nitrogens with one attached hydrogen (secondary N) is 1. The third-order valence-corrected chi connectivity index (χ3v) is 5.44. The minimum atomic E-state index is -3.16. The van der Waals surface area contributed by atoms with Gasteiger partial charge in [-0.15, -0.1) is 0 Å². The van der Waals surface area contributed by atoms with E-state index in [0.29, 0.717) is 32.4 Å². The van der Waals surface area contributed by atoms with E-state index in [-0.39, 0.29) is 18.2 Å². The zero-order chi connectivity index (χ0) is 15.9. The molecule has 6 nitrogen and oxygen atoms in total. The van der Waals surface area contributed by atoms with Crippen LogP contribution in [0.15, 0.2) is 0 Å². The molecule has 0 aliphatic carbocycles. The van der Waals surface area contributed by atoms with Crippen LogP contribution in [-0.4, -0.2) is 54.7 Å². The maximum Gasteiger partial charge on any atom is 0.220 e. The fraction of sp³-hybridized carbons (Fsp3) is 0.929. The Labute approximate surface area is 128 Å². The smallest absolute Gasteiger partial charge is 0.220 e. The Hall–Kier alpha value is -0.660. The first-order valence-corrected chi connectivity index (χ1v) is 9.28. The summed E-state index contributed by atoms with van der Waals surface area (Å²) in [5.74, 6) is -0.0290. The van der Waals surface area contributed by atoms with Crippen LogP contribution in [0.25, 0.3) is 0 Å². The molecule has 1 amide bonds. The summed E-state index contributed by atoms with van der Waals surface area (Å²) in [5, 5.41) is 12.1. The Balaban J connectivity index is 2.19. The standard InChI is InChI=1S/C14H28N2O4S/c1-14(2,18)12-15-13(17)8-4-7-11-21(19,20)16-9-5-3-6-10-16/h18H,3-12H2,1-2H3,(H,15,17). The van der Waals surface area contributed by atoms with Crippen LogP contribution in [0.4, 0.5) is 0 Å². The largest absolute Gasteiger partial charge is 0.389 e. The number of aliphatic hydroxyl groups is 1. The van der Waals surface area contributed by atoms with E-state index in [9.17, 15) is 18.3 Å². The third kappa shape index (κ3) is 7.78. The van der Waals surface area contributed by atoms with Gasteiger partial charge in [0.05, 0.1) is 11.4 Å². The molecule has 1 fully saturated rings. The molecule has 21 heavy (non-hydrogen) atoms. The monoisotopic (exact) mass is 320 g/mol. The molecule has 0 atom stereocenters. The zero-order valence-corrected chi connectivity index (χ0v) is 13.9. The second kappa shape index (κ2) is 8.10. The maximum atomic E-state index is 12.1. The molecule has 0 aromatic carbocycles. The highest BCUT2D eigenvalue weighted by molar-refractivity contribution is 7.89. The van der Waals surface area contributed by atoms with Gasteiger partial charge < -0.3 is 10.4 Å². The van der Waals surface area contributed by atoms with Gasteiger partial charge >= 0.3 is 0 Å². The molecule has 1 heterocycles. The van der Waals surface area contributed by atoms with Gasteiger partial charge in [0.15, 0.2) is 0 Å². The molecule has 1 aliphatic heterocycles. The molecule has 0 unspecified atom stereocenters. The SMILES string of the molecule is CC(C)(O)CNC(=O)CCCCS(=O)(=O)N1CCCCC1. The highest BCUT2D eigenvalue weighted by Gasteiger charge is 2.23. The van der Waals surface area contributed by atoms with Crippen LogP contribution in [0.1, 0.15) is 52.4 Å². The average Bonchev–Trinajstić information content (AvgIpc) is 2.42. The molecule has 0 saturated carbocycles. The van der Waals surface area contributed by atoms with Gasteiger partial charge in [-0.25, -0.2) is 12.7 Å². The molecule has 2 N–H and O–H groups in total. The Morgan fingerprint density at radius 2 is 1.81 bits per heavy atom. The maximum absolute atomic E-state index is 12.1. The first-order chi connectivity index (χ1) is 9.71. The van der Waals surface area contributed by atoms with Crippen molar-refractivity contribution in [2.24, 2.45) is 0 Å². The van der Waals surface area contributed by atoms with E-state index in [4.69, 9.17) is 0 Å². The van der Waals surface area contributed by atoms with Gasteiger partial charge in [0, 0.05) is 26.1 Å². The summed E-state index contributed by atoms with van der Waals surface area (Å²) in [7, 11) is -3.16. The molecule has 0 spiro atoms. The van der Waals surface area contributed by atoms with Crippen molar-refractivity contribution in [2.75, 3.05) is 25.4 Å². The molecule has 0 bridgehead atoms. The molecule has 1 rings (SSSR count). The van der Waals surface area contributed by atoms with Crippen LogP contribution in [0, 0.1) is 0 Å². The van der Waals surface area contributed by atoms with Crippen molar-refractivity contribution in [3.8, 4) is 0 Å². The van der Waals surface area contributed by atoms with E-state index >= 15 is 0 Å². The van der Waals surface area contributed by atoms with Crippen LogP contribution in [-0.2, 0) is 14.8 Å². The van der Waals surface area contributed by atoms with Crippen LogP contribution < -0.4 is 5.32 Å². The van der Waals surface area contributed by atoms with Gasteiger partial charge in [-0.2, -0.15) is 0 Å². The van der Waals surface area contributed by atoms with Crippen molar-refractivity contribution in [2.45, 2.75) is 58.0 Å². The lowest BCUT2D eigenvalue weighted by Gasteiger charge is -2.25. The van der Waals surface area contributed by atoms with E-state index in [1.807, 2.05) is 0 Å². The number of nitrogens with zero attached hydrogens (tertiary/aromatic N) is 1. The van der Waals surface area contributed by atoms with Crippen molar-refractivity contribution >= 4 is 15.9 Å². The fourth-order valence-electron chi connectivity index (χ4n) is 2.25. The van der Waals surface area contributed by atoms with E-state index in [0.717, 1.165) is 19.3 Å². The number of sulfonamides is 1. The summed E-state index contributed by atoms with van der Waals surface area (Å²) in [4.78, 5) is 11.5. The zero-order valence-electron chi connectivity index (χ0n) is 13.1. The Kier molecular flexibility index (Phi) is 7.09. The molecule has 0 aromatic rings. The lowest BCUT2D eigenvalue weighted by atomic mass is 10.1. The predicted molar refractivity (Wildman–Crippen MR) is 82.4 cm³/mol. The van der Waals surface area contributed by atoms with Crippen molar-refractivity contribution in [1.82, 2.24) is 9.62 Å². The molecular formula is C14H28N2O4S. The second-order valence-corrected chi connectivity index (χ2v) is 8.41. The molecule has 1 aliphatic rings. The van der Waals surface area contributed by atoms with Crippen LogP contribution in [0.2, 0.25) is 0 Å². The number of hydrogen-bond acceptors (Lipinski definition) is 4. The molecular weight excluding hydrogens is 292 g/mol. The van der Waals surface area contributed by atoms with Gasteiger partial charge in [-0.05, 0) is 39.5 Å². The Morgan fingerprint density at radius 1 is 1.19 bits per heavy atom. The van der Waals surface area contributed by atoms with E-state index < -0.39 is 15.6 Å². The molecule has 0 radical (unpaired) electrons. The first kappa shape index (κ1) is 18.4. The van der Waals surface area contributed by atoms with Crippen LogP contribution >= 0.6 is 0 Å². The van der Waals surface area contributed by atoms with Crippen LogP contribution in [0.5, 0.6) is 0 Å². The van der Waals surface area contributed by atoms with Gasteiger partial charge in [0.2, 0.25) is 15.9 Å². The number of unbranched alkanes of at least 4 members (excludes halogenated alkanes) is 1. The van der Waals surface area contributed by atoms with Crippen molar-refractivity contribution in [3.05, 3.63) is 0 Å². The van der Waals surface area contributed by atoms with Crippen molar-refractivity contribution < 1.29 is 18.3 Å². The molecule has 7 heteroatoms. The summed E-state index contributed by atoms with van der Waals surface area (Å²) >= 11 is 0. The number of rotatable bonds is 8. The number of amides is 1. The Bertz CT molecular complexity index is 423. The van der Waals surface area contributed by atoms with Gasteiger partial charge in [0.1, 0.15) is 0 Å². The third-order valence-electron chi connectivity index (χ3n) is 3.48. The summed E-state index contributed by atoms with van der Waals surface area (Å²) in [6.07, 6.45) is 4.33. The lowest BCUT2D eigenvalue weighted by Crippen LogP contribution is -2.38. The Morgan fingerprint density at radius 3 is 2.38 bits per heavy atom. The number of carbonyl (C=O) groups is 1. The van der Waals surface area contributed by atoms with Crippen molar-refractivity contribution in [1.29, 1.82) is 0 Å². The topological polar surface area (TPSA) is 86.7 Å². The number of carbonyl (C=O) groups excluding carboxylic acids is 1. The second-order valence-electron chi connectivity index (χ2n) is 6.32. The van der Waals surface area contributed by atoms with Gasteiger partial charge in [-0.1, -0.05) is 6.42 Å². The highest BCUT2D eigenvalue weighted by Crippen LogP contribution is 2.14. The normalized spacial score (nSPS) is 17.7. The average molecular weight is 320 g/mol. The molecule has 1 saturated heterocycles. The summed E-state index contributed by atoms with van der Waals surface area (Å²) in [5.41, 5.74) is -0.923. The summed E-state index contributed by atoms with van der Waals surface area (Å²) in [6.45, 7) is 4.72. The van der Waals surface area contributed by atoms with Gasteiger partial charge in [0.25, 0.3) is 0 Å². The number of piperidine rings is 1. The quantitative estimate of drug-likeness (QED) is 0.649. The van der Waals surface area contributed by atoms with E-state index in [1.165, 1.54) is 0 Å². The van der Waals surface area contributed by atoms with E-state index in [1.54, 1.807) is 18.2 Å². The fourth-order valence-corrected chi connectivity index (χ4v) is 3.89. The predicted octanol–water partition coefficient (Wildman–Crippen LogP) is 0.860. The highest BCUT2D eigenvalue weighted by atomic mass is 32.2. The molecule has 0 aromatic heterocycles. The van der Waals surface area contributed by atoms with Gasteiger partial charge in [-0.3, -0.25) is 4.79 Å². The first-order valence-electron chi connectivity index (χ1n) is 7.68. The van der Waals surface area contributed by atoms with Crippen LogP contribution in [0.3, 0.4) is 0 Å². The summed E-state index contributed by atoms with van der Waals surface area (Å²) < 4.78 is 25.7.